The zero-order chi connectivity index (χ0) is 33.8. The maximum atomic E-state index is 14.2. The fourth-order valence-corrected chi connectivity index (χ4v) is 6.58. The number of para-hydroxylation sites is 2. The molecule has 4 heterocycles. The van der Waals surface area contributed by atoms with Crippen molar-refractivity contribution in [3.8, 4) is 5.82 Å². The summed E-state index contributed by atoms with van der Waals surface area (Å²) in [6.45, 7) is 9.34. The van der Waals surface area contributed by atoms with Crippen LogP contribution in [-0.4, -0.2) is 106 Å². The van der Waals surface area contributed by atoms with Crippen LogP contribution < -0.4 is 20.9 Å². The lowest BCUT2D eigenvalue weighted by Gasteiger charge is -2.31. The van der Waals surface area contributed by atoms with E-state index < -0.39 is 18.1 Å². The fourth-order valence-electron chi connectivity index (χ4n) is 6.58. The van der Waals surface area contributed by atoms with Gasteiger partial charge in [0, 0.05) is 50.4 Å². The molecular weight excluding hydrogens is 624 g/mol. The average molecular weight is 670 g/mol. The first-order chi connectivity index (χ1) is 23.0. The maximum absolute atomic E-state index is 14.2. The number of rotatable bonds is 9. The number of likely N-dealkylation sites (tertiary alicyclic amines) is 1. The highest BCUT2D eigenvalue weighted by Gasteiger charge is 2.29. The number of carbonyl (C=O) groups excluding carboxylic acids is 2. The van der Waals surface area contributed by atoms with Crippen molar-refractivity contribution in [1.82, 2.24) is 35.1 Å². The second-order valence-corrected chi connectivity index (χ2v) is 13.7. The number of amides is 2. The first-order valence-corrected chi connectivity index (χ1v) is 16.8. The standard InChI is InChI=1S/C33H45F2N9O4/c1-33(2,3)48-32(46)38-23-12-13-42(19-23)20-28(45)37-22-10-8-21(9-11-22)36-26-18-27(41-31(40-26)43-14-16-47-17-15-43)44-25-7-5-4-6-24(25)39-30(44)29(34)35/h4-7,18,21-23,29H,8-17,19-20H2,1-3H3,(H,37,45)(H,38,46)(H,36,40,41)/t21?,22?,23-/m0/s1. The van der Waals surface area contributed by atoms with E-state index >= 15 is 0 Å². The van der Waals surface area contributed by atoms with Gasteiger partial charge < -0.3 is 30.3 Å². The molecule has 1 aliphatic carbocycles. The van der Waals surface area contributed by atoms with Crippen LogP contribution in [0.25, 0.3) is 16.9 Å². The zero-order valence-corrected chi connectivity index (χ0v) is 27.8. The third kappa shape index (κ3) is 8.48. The summed E-state index contributed by atoms with van der Waals surface area (Å²) >= 11 is 0. The number of aromatic nitrogens is 4. The van der Waals surface area contributed by atoms with Crippen molar-refractivity contribution < 1.29 is 27.8 Å². The van der Waals surface area contributed by atoms with Gasteiger partial charge >= 0.3 is 6.09 Å². The van der Waals surface area contributed by atoms with Gasteiger partial charge in [-0.15, -0.1) is 0 Å². The van der Waals surface area contributed by atoms with Gasteiger partial charge in [-0.2, -0.15) is 9.97 Å². The van der Waals surface area contributed by atoms with E-state index in [2.05, 4.69) is 20.9 Å². The number of nitrogens with zero attached hydrogens (tertiary/aromatic N) is 6. The van der Waals surface area contributed by atoms with Gasteiger partial charge in [0.05, 0.1) is 30.8 Å². The highest BCUT2D eigenvalue weighted by atomic mass is 19.3. The van der Waals surface area contributed by atoms with Crippen LogP contribution in [0.2, 0.25) is 0 Å². The number of fused-ring (bicyclic) bond motifs is 1. The lowest BCUT2D eigenvalue weighted by molar-refractivity contribution is -0.122. The molecule has 3 fully saturated rings. The molecule has 2 amide bonds. The SMILES string of the molecule is CC(C)(C)OC(=O)N[C@H]1CCN(CC(=O)NC2CCC(Nc3cc(-n4c(C(F)F)nc5ccccc54)nc(N4CCOCC4)n3)CC2)C1. The van der Waals surface area contributed by atoms with Gasteiger partial charge in [-0.05, 0) is 65.0 Å². The topological polar surface area (TPSA) is 139 Å². The van der Waals surface area contributed by atoms with Crippen molar-refractivity contribution in [2.24, 2.45) is 0 Å². The Morgan fingerprint density at radius 1 is 0.958 bits per heavy atom. The predicted octanol–water partition coefficient (Wildman–Crippen LogP) is 4.03. The molecule has 3 N–H and O–H groups in total. The molecule has 3 aliphatic rings. The van der Waals surface area contributed by atoms with Crippen LogP contribution in [0.1, 0.15) is 65.1 Å². The number of alkyl carbamates (subject to hydrolysis) is 1. The molecule has 6 rings (SSSR count). The largest absolute Gasteiger partial charge is 0.444 e. The van der Waals surface area contributed by atoms with Crippen molar-refractivity contribution in [3.63, 3.8) is 0 Å². The van der Waals surface area contributed by atoms with Crippen LogP contribution >= 0.6 is 0 Å². The summed E-state index contributed by atoms with van der Waals surface area (Å²) in [5.74, 6) is 0.929. The molecule has 0 bridgehead atoms. The molecule has 2 aliphatic heterocycles. The third-order valence-corrected chi connectivity index (χ3v) is 8.81. The molecule has 1 atom stereocenters. The molecule has 15 heteroatoms. The number of anilines is 2. The Labute approximate surface area is 278 Å². The summed E-state index contributed by atoms with van der Waals surface area (Å²) in [5, 5.41) is 9.61. The van der Waals surface area contributed by atoms with Crippen molar-refractivity contribution >= 4 is 34.8 Å². The fraction of sp³-hybridized carbons (Fsp3) is 0.606. The molecule has 48 heavy (non-hydrogen) atoms. The van der Waals surface area contributed by atoms with Crippen LogP contribution in [0.4, 0.5) is 25.3 Å². The number of halogens is 2. The van der Waals surface area contributed by atoms with Crippen LogP contribution in [-0.2, 0) is 14.3 Å². The third-order valence-electron chi connectivity index (χ3n) is 8.81. The number of hydrogen-bond donors (Lipinski definition) is 3. The minimum atomic E-state index is -2.79. The maximum Gasteiger partial charge on any atom is 0.407 e. The second-order valence-electron chi connectivity index (χ2n) is 13.7. The number of hydrogen-bond acceptors (Lipinski definition) is 10. The van der Waals surface area contributed by atoms with E-state index in [1.54, 1.807) is 30.3 Å². The normalized spacial score (nSPS) is 22.2. The molecule has 1 aromatic carbocycles. The Morgan fingerprint density at radius 3 is 2.42 bits per heavy atom. The highest BCUT2D eigenvalue weighted by Crippen LogP contribution is 2.30. The van der Waals surface area contributed by atoms with Gasteiger partial charge in [0.15, 0.2) is 5.82 Å². The van der Waals surface area contributed by atoms with E-state index in [-0.39, 0.29) is 36.4 Å². The summed E-state index contributed by atoms with van der Waals surface area (Å²) in [5.41, 5.74) is 0.457. The zero-order valence-electron chi connectivity index (χ0n) is 27.8. The van der Waals surface area contributed by atoms with Crippen molar-refractivity contribution in [3.05, 3.63) is 36.2 Å². The molecule has 0 spiro atoms. The first kappa shape index (κ1) is 33.8. The van der Waals surface area contributed by atoms with Gasteiger partial charge in [-0.3, -0.25) is 14.3 Å². The van der Waals surface area contributed by atoms with Gasteiger partial charge in [0.25, 0.3) is 6.43 Å². The molecule has 0 radical (unpaired) electrons. The van der Waals surface area contributed by atoms with Crippen LogP contribution in [0.15, 0.2) is 30.3 Å². The Bertz CT molecular complexity index is 1580. The summed E-state index contributed by atoms with van der Waals surface area (Å²) in [6, 6.07) is 8.85. The molecule has 260 valence electrons. The van der Waals surface area contributed by atoms with Crippen LogP contribution in [0.5, 0.6) is 0 Å². The molecule has 2 saturated heterocycles. The average Bonchev–Trinajstić information content (AvgIpc) is 3.65. The number of imidazole rings is 1. The number of benzene rings is 1. The number of nitrogens with one attached hydrogen (secondary N) is 3. The Hall–Kier alpha value is -4.11. The molecule has 2 aromatic heterocycles. The van der Waals surface area contributed by atoms with E-state index in [0.29, 0.717) is 61.5 Å². The lowest BCUT2D eigenvalue weighted by atomic mass is 9.91. The van der Waals surface area contributed by atoms with Crippen molar-refractivity contribution in [2.45, 2.75) is 83.0 Å². The van der Waals surface area contributed by atoms with Gasteiger partial charge in [0.1, 0.15) is 17.2 Å². The molecular formula is C33H45F2N9O4. The smallest absolute Gasteiger partial charge is 0.407 e. The molecule has 1 saturated carbocycles. The monoisotopic (exact) mass is 669 g/mol. The van der Waals surface area contributed by atoms with Crippen molar-refractivity contribution in [2.75, 3.05) is 56.2 Å². The number of ether oxygens (including phenoxy) is 2. The minimum absolute atomic E-state index is 0.0256. The number of alkyl halides is 2. The summed E-state index contributed by atoms with van der Waals surface area (Å²) in [7, 11) is 0. The minimum Gasteiger partial charge on any atom is -0.444 e. The quantitative estimate of drug-likeness (QED) is 0.306. The molecule has 0 unspecified atom stereocenters. The molecule has 13 nitrogen and oxygen atoms in total. The summed E-state index contributed by atoms with van der Waals surface area (Å²) in [4.78, 5) is 42.8. The van der Waals surface area contributed by atoms with E-state index in [0.717, 1.165) is 38.6 Å². The summed E-state index contributed by atoms with van der Waals surface area (Å²) in [6.07, 6.45) is 0.735. The number of carbonyl (C=O) groups is 2. The Balaban J connectivity index is 1.07. The van der Waals surface area contributed by atoms with Crippen LogP contribution in [0, 0.1) is 0 Å². The van der Waals surface area contributed by atoms with Crippen LogP contribution in [0.3, 0.4) is 0 Å². The predicted molar refractivity (Wildman–Crippen MR) is 177 cm³/mol. The van der Waals surface area contributed by atoms with Gasteiger partial charge in [-0.1, -0.05) is 12.1 Å². The Kier molecular flexibility index (Phi) is 10.2. The van der Waals surface area contributed by atoms with Gasteiger partial charge in [-0.25, -0.2) is 18.6 Å². The summed E-state index contributed by atoms with van der Waals surface area (Å²) < 4.78 is 40.7. The highest BCUT2D eigenvalue weighted by molar-refractivity contribution is 5.79. The van der Waals surface area contributed by atoms with E-state index in [4.69, 9.17) is 19.4 Å². The molecule has 3 aromatic rings. The van der Waals surface area contributed by atoms with E-state index in [9.17, 15) is 18.4 Å². The second kappa shape index (κ2) is 14.6. The van der Waals surface area contributed by atoms with Crippen molar-refractivity contribution in [1.29, 1.82) is 0 Å². The number of morpholine rings is 1. The Morgan fingerprint density at radius 2 is 1.69 bits per heavy atom. The lowest BCUT2D eigenvalue weighted by Crippen LogP contribution is -2.45. The van der Waals surface area contributed by atoms with E-state index in [1.165, 1.54) is 4.57 Å². The van der Waals surface area contributed by atoms with E-state index in [1.807, 2.05) is 30.6 Å². The first-order valence-electron chi connectivity index (χ1n) is 16.8. The van der Waals surface area contributed by atoms with Gasteiger partial charge in [0.2, 0.25) is 11.9 Å².